The second-order valence-electron chi connectivity index (χ2n) is 2.83. The van der Waals surface area contributed by atoms with Gasteiger partial charge in [0.15, 0.2) is 0 Å². The Morgan fingerprint density at radius 2 is 2.20 bits per heavy atom. The van der Waals surface area contributed by atoms with E-state index in [-0.39, 0.29) is 12.3 Å². The first-order valence-electron chi connectivity index (χ1n) is 3.60. The molecule has 1 rings (SSSR count). The minimum Gasteiger partial charge on any atom is -0.207 e. The molecule has 0 bridgehead atoms. The zero-order valence-corrected chi connectivity index (χ0v) is 7.90. The third-order valence-corrected chi connectivity index (χ3v) is 2.74. The van der Waals surface area contributed by atoms with Crippen molar-refractivity contribution in [1.82, 2.24) is 0 Å². The van der Waals surface area contributed by atoms with Gasteiger partial charge in [0, 0.05) is 16.8 Å². The van der Waals surface area contributed by atoms with Crippen molar-refractivity contribution in [2.45, 2.75) is 31.6 Å². The predicted octanol–water partition coefficient (Wildman–Crippen LogP) is 3.25. The van der Waals surface area contributed by atoms with Crippen LogP contribution in [0.3, 0.4) is 0 Å². The molecule has 1 aliphatic carbocycles. The van der Waals surface area contributed by atoms with Gasteiger partial charge in [0.05, 0.1) is 0 Å². The van der Waals surface area contributed by atoms with Gasteiger partial charge in [-0.25, -0.2) is 8.78 Å². The summed E-state index contributed by atoms with van der Waals surface area (Å²) in [4.78, 5) is 0. The van der Waals surface area contributed by atoms with Crippen molar-refractivity contribution in [3.63, 3.8) is 0 Å². The van der Waals surface area contributed by atoms with Crippen molar-refractivity contribution in [1.29, 1.82) is 0 Å². The summed E-state index contributed by atoms with van der Waals surface area (Å²) in [5, 5.41) is 0. The molecule has 1 aliphatic rings. The number of hydrogen-bond donors (Lipinski definition) is 0. The Morgan fingerprint density at radius 1 is 1.50 bits per heavy atom. The Balaban J connectivity index is 2.43. The molecule has 1 atom stereocenters. The van der Waals surface area contributed by atoms with E-state index in [1.807, 2.05) is 0 Å². The summed E-state index contributed by atoms with van der Waals surface area (Å²) in [5.74, 6) is -2.66. The summed E-state index contributed by atoms with van der Waals surface area (Å²) in [7, 11) is 0. The van der Waals surface area contributed by atoms with Crippen molar-refractivity contribution in [2.75, 3.05) is 4.43 Å². The molecule has 1 unspecified atom stereocenters. The molecule has 0 N–H and O–H groups in total. The Hall–Kier alpha value is 0.590. The Kier molecular flexibility index (Phi) is 2.89. The molecule has 3 heteroatoms. The van der Waals surface area contributed by atoms with Gasteiger partial charge < -0.3 is 0 Å². The first-order valence-corrected chi connectivity index (χ1v) is 5.13. The van der Waals surface area contributed by atoms with Crippen LogP contribution in [0.5, 0.6) is 0 Å². The topological polar surface area (TPSA) is 0 Å². The largest absolute Gasteiger partial charge is 0.250 e. The Morgan fingerprint density at radius 3 is 2.60 bits per heavy atom. The molecule has 1 fully saturated rings. The third-order valence-electron chi connectivity index (χ3n) is 2.12. The lowest BCUT2D eigenvalue weighted by molar-refractivity contribution is -0.0370. The highest BCUT2D eigenvalue weighted by molar-refractivity contribution is 14.1. The molecule has 0 spiro atoms. The first-order chi connectivity index (χ1) is 4.67. The van der Waals surface area contributed by atoms with Crippen LogP contribution in [0.2, 0.25) is 0 Å². The zero-order valence-electron chi connectivity index (χ0n) is 5.75. The molecule has 0 aromatic rings. The molecule has 0 radical (unpaired) electrons. The van der Waals surface area contributed by atoms with Crippen molar-refractivity contribution in [3.8, 4) is 0 Å². The molecule has 1 saturated carbocycles. The van der Waals surface area contributed by atoms with E-state index in [0.717, 1.165) is 10.8 Å². The summed E-state index contributed by atoms with van der Waals surface area (Å²) < 4.78 is 26.4. The van der Waals surface area contributed by atoms with Gasteiger partial charge in [-0.1, -0.05) is 22.6 Å². The van der Waals surface area contributed by atoms with E-state index in [0.29, 0.717) is 12.8 Å². The summed E-state index contributed by atoms with van der Waals surface area (Å²) in [6.45, 7) is 0. The van der Waals surface area contributed by atoms with Crippen molar-refractivity contribution in [3.05, 3.63) is 0 Å². The summed E-state index contributed by atoms with van der Waals surface area (Å²) in [6.07, 6.45) is 2.26. The molecule has 0 aromatic carbocycles. The zero-order chi connectivity index (χ0) is 7.61. The number of hydrogen-bond acceptors (Lipinski definition) is 0. The van der Waals surface area contributed by atoms with Gasteiger partial charge in [-0.15, -0.1) is 0 Å². The van der Waals surface area contributed by atoms with E-state index in [9.17, 15) is 8.78 Å². The number of halogens is 3. The normalized spacial score (nSPS) is 30.9. The molecular weight excluding hydrogens is 249 g/mol. The monoisotopic (exact) mass is 260 g/mol. The molecule has 0 aromatic heterocycles. The van der Waals surface area contributed by atoms with Gasteiger partial charge in [-0.3, -0.25) is 0 Å². The minimum atomic E-state index is -2.34. The average molecular weight is 260 g/mol. The Labute approximate surface area is 73.5 Å². The maximum Gasteiger partial charge on any atom is 0.250 e. The molecule has 0 heterocycles. The lowest BCUT2D eigenvalue weighted by Gasteiger charge is -2.16. The van der Waals surface area contributed by atoms with Gasteiger partial charge in [-0.2, -0.15) is 0 Å². The summed E-state index contributed by atoms with van der Waals surface area (Å²) >= 11 is 2.16. The second-order valence-corrected chi connectivity index (χ2v) is 3.91. The van der Waals surface area contributed by atoms with E-state index in [4.69, 9.17) is 0 Å². The number of alkyl halides is 3. The standard InChI is InChI=1S/C7H11F2I/c8-7(9)4-1-2-6(7)3-5-10/h6H,1-5H2. The van der Waals surface area contributed by atoms with E-state index in [1.165, 1.54) is 0 Å². The van der Waals surface area contributed by atoms with Crippen LogP contribution < -0.4 is 0 Å². The first kappa shape index (κ1) is 8.68. The van der Waals surface area contributed by atoms with Gasteiger partial charge in [0.2, 0.25) is 0 Å². The van der Waals surface area contributed by atoms with E-state index < -0.39 is 5.92 Å². The minimum absolute atomic E-state index is 0.119. The van der Waals surface area contributed by atoms with Crippen molar-refractivity contribution in [2.24, 2.45) is 5.92 Å². The average Bonchev–Trinajstić information content (AvgIpc) is 2.13. The number of rotatable bonds is 2. The van der Waals surface area contributed by atoms with Gasteiger partial charge in [0.25, 0.3) is 5.92 Å². The van der Waals surface area contributed by atoms with Crippen molar-refractivity contribution < 1.29 is 8.78 Å². The van der Waals surface area contributed by atoms with E-state index in [2.05, 4.69) is 22.6 Å². The summed E-state index contributed by atoms with van der Waals surface area (Å²) in [6, 6.07) is 0. The van der Waals surface area contributed by atoms with Gasteiger partial charge in [-0.05, 0) is 19.3 Å². The Bertz CT molecular complexity index is 114. The smallest absolute Gasteiger partial charge is 0.207 e. The van der Waals surface area contributed by atoms with Crippen LogP contribution in [0.1, 0.15) is 25.7 Å². The van der Waals surface area contributed by atoms with Crippen LogP contribution in [-0.2, 0) is 0 Å². The molecule has 10 heavy (non-hydrogen) atoms. The van der Waals surface area contributed by atoms with Crippen LogP contribution in [0.4, 0.5) is 8.78 Å². The molecule has 0 amide bonds. The highest BCUT2D eigenvalue weighted by Crippen LogP contribution is 2.42. The predicted molar refractivity (Wildman–Crippen MR) is 45.8 cm³/mol. The lowest BCUT2D eigenvalue weighted by atomic mass is 10.0. The fourth-order valence-electron chi connectivity index (χ4n) is 1.49. The van der Waals surface area contributed by atoms with E-state index in [1.54, 1.807) is 0 Å². The van der Waals surface area contributed by atoms with Crippen molar-refractivity contribution >= 4 is 22.6 Å². The lowest BCUT2D eigenvalue weighted by Crippen LogP contribution is -2.21. The quantitative estimate of drug-likeness (QED) is 0.528. The molecule has 60 valence electrons. The SMILES string of the molecule is FC1(F)CCCC1CCI. The molecule has 0 nitrogen and oxygen atoms in total. The van der Waals surface area contributed by atoms with Crippen LogP contribution in [0.15, 0.2) is 0 Å². The molecular formula is C7H11F2I. The van der Waals surface area contributed by atoms with Crippen LogP contribution in [0, 0.1) is 5.92 Å². The second kappa shape index (κ2) is 3.32. The maximum atomic E-state index is 12.8. The fourth-order valence-corrected chi connectivity index (χ4v) is 2.24. The molecule has 0 saturated heterocycles. The van der Waals surface area contributed by atoms with E-state index >= 15 is 0 Å². The fraction of sp³-hybridized carbons (Fsp3) is 1.00. The van der Waals surface area contributed by atoms with Gasteiger partial charge in [0.1, 0.15) is 0 Å². The maximum absolute atomic E-state index is 12.8. The highest BCUT2D eigenvalue weighted by atomic mass is 127. The summed E-state index contributed by atoms with van der Waals surface area (Å²) in [5.41, 5.74) is 0. The van der Waals surface area contributed by atoms with Crippen LogP contribution >= 0.6 is 22.6 Å². The van der Waals surface area contributed by atoms with Crippen LogP contribution in [-0.4, -0.2) is 10.4 Å². The van der Waals surface area contributed by atoms with Gasteiger partial charge >= 0.3 is 0 Å². The third kappa shape index (κ3) is 1.80. The van der Waals surface area contributed by atoms with Crippen LogP contribution in [0.25, 0.3) is 0 Å². The molecule has 0 aliphatic heterocycles. The highest BCUT2D eigenvalue weighted by Gasteiger charge is 2.42.